The van der Waals surface area contributed by atoms with E-state index in [1.807, 2.05) is 31.1 Å². The van der Waals surface area contributed by atoms with Crippen LogP contribution in [-0.2, 0) is 6.18 Å². The van der Waals surface area contributed by atoms with Crippen molar-refractivity contribution in [2.45, 2.75) is 6.18 Å². The van der Waals surface area contributed by atoms with Crippen LogP contribution >= 0.6 is 11.6 Å². The van der Waals surface area contributed by atoms with Crippen LogP contribution < -0.4 is 4.90 Å². The second-order valence-corrected chi connectivity index (χ2v) is 5.04. The van der Waals surface area contributed by atoms with Crippen molar-refractivity contribution in [3.8, 4) is 11.1 Å². The molecule has 0 atom stereocenters. The lowest BCUT2D eigenvalue weighted by Gasteiger charge is -2.15. The Kier molecular flexibility index (Phi) is 3.95. The molecule has 0 amide bonds. The molecule has 106 valence electrons. The molecule has 2 aromatic rings. The Bertz CT molecular complexity index is 604. The van der Waals surface area contributed by atoms with Crippen LogP contribution in [-0.4, -0.2) is 14.1 Å². The maximum atomic E-state index is 12.5. The fourth-order valence-electron chi connectivity index (χ4n) is 1.90. The lowest BCUT2D eigenvalue weighted by Crippen LogP contribution is -2.08. The predicted octanol–water partition coefficient (Wildman–Crippen LogP) is 5.09. The third-order valence-electron chi connectivity index (χ3n) is 2.98. The number of hydrogen-bond acceptors (Lipinski definition) is 1. The first-order chi connectivity index (χ1) is 9.29. The van der Waals surface area contributed by atoms with E-state index < -0.39 is 11.7 Å². The Labute approximate surface area is 120 Å². The number of halogens is 4. The molecule has 0 unspecified atom stereocenters. The SMILES string of the molecule is CN(C)c1ccc(-c2ccc(C(F)(F)F)cc2)cc1Cl. The summed E-state index contributed by atoms with van der Waals surface area (Å²) in [5.74, 6) is 0. The molecule has 5 heteroatoms. The van der Waals surface area contributed by atoms with Gasteiger partial charge in [0.05, 0.1) is 16.3 Å². The van der Waals surface area contributed by atoms with Gasteiger partial charge in [-0.15, -0.1) is 0 Å². The molecule has 0 spiro atoms. The number of hydrogen-bond donors (Lipinski definition) is 0. The molecule has 0 bridgehead atoms. The van der Waals surface area contributed by atoms with Crippen molar-refractivity contribution in [2.24, 2.45) is 0 Å². The van der Waals surface area contributed by atoms with Crippen molar-refractivity contribution in [1.29, 1.82) is 0 Å². The summed E-state index contributed by atoms with van der Waals surface area (Å²) in [6, 6.07) is 10.5. The zero-order valence-corrected chi connectivity index (χ0v) is 11.8. The highest BCUT2D eigenvalue weighted by Crippen LogP contribution is 2.33. The van der Waals surface area contributed by atoms with Crippen LogP contribution in [0.2, 0.25) is 5.02 Å². The highest BCUT2D eigenvalue weighted by Gasteiger charge is 2.29. The van der Waals surface area contributed by atoms with Gasteiger partial charge in [-0.1, -0.05) is 29.8 Å². The van der Waals surface area contributed by atoms with Gasteiger partial charge < -0.3 is 4.90 Å². The minimum atomic E-state index is -4.31. The van der Waals surface area contributed by atoms with Crippen LogP contribution in [0.15, 0.2) is 42.5 Å². The lowest BCUT2D eigenvalue weighted by atomic mass is 10.0. The highest BCUT2D eigenvalue weighted by atomic mass is 35.5. The van der Waals surface area contributed by atoms with Gasteiger partial charge in [-0.3, -0.25) is 0 Å². The maximum Gasteiger partial charge on any atom is 0.416 e. The third kappa shape index (κ3) is 3.07. The highest BCUT2D eigenvalue weighted by molar-refractivity contribution is 6.33. The molecule has 0 aromatic heterocycles. The molecule has 2 rings (SSSR count). The average molecular weight is 300 g/mol. The summed E-state index contributed by atoms with van der Waals surface area (Å²) in [5, 5.41) is 0.562. The quantitative estimate of drug-likeness (QED) is 0.746. The molecule has 0 radical (unpaired) electrons. The van der Waals surface area contributed by atoms with Crippen molar-refractivity contribution in [3.63, 3.8) is 0 Å². The molecule has 0 aliphatic carbocycles. The molecule has 0 aliphatic rings. The van der Waals surface area contributed by atoms with Crippen molar-refractivity contribution in [2.75, 3.05) is 19.0 Å². The summed E-state index contributed by atoms with van der Waals surface area (Å²) in [4.78, 5) is 1.87. The molecule has 2 aromatic carbocycles. The van der Waals surface area contributed by atoms with E-state index >= 15 is 0 Å². The summed E-state index contributed by atoms with van der Waals surface area (Å²) in [7, 11) is 3.75. The number of benzene rings is 2. The van der Waals surface area contributed by atoms with E-state index in [2.05, 4.69) is 0 Å². The standard InChI is InChI=1S/C15H13ClF3N/c1-20(2)14-8-5-11(9-13(14)16)10-3-6-12(7-4-10)15(17,18)19/h3-9H,1-2H3. The molecule has 20 heavy (non-hydrogen) atoms. The second kappa shape index (κ2) is 5.37. The van der Waals surface area contributed by atoms with Gasteiger partial charge in [0.25, 0.3) is 0 Å². The maximum absolute atomic E-state index is 12.5. The Balaban J connectivity index is 2.35. The Morgan fingerprint density at radius 1 is 0.900 bits per heavy atom. The number of rotatable bonds is 2. The summed E-state index contributed by atoms with van der Waals surface area (Å²) in [5.41, 5.74) is 1.69. The molecule has 0 fully saturated rings. The van der Waals surface area contributed by atoms with Crippen molar-refractivity contribution in [3.05, 3.63) is 53.1 Å². The van der Waals surface area contributed by atoms with Crippen LogP contribution in [0.5, 0.6) is 0 Å². The van der Waals surface area contributed by atoms with E-state index in [1.54, 1.807) is 6.07 Å². The van der Waals surface area contributed by atoms with Gasteiger partial charge >= 0.3 is 6.18 Å². The molecule has 1 nitrogen and oxygen atoms in total. The van der Waals surface area contributed by atoms with E-state index in [0.717, 1.165) is 23.4 Å². The van der Waals surface area contributed by atoms with Gasteiger partial charge in [-0.25, -0.2) is 0 Å². The second-order valence-electron chi connectivity index (χ2n) is 4.64. The minimum absolute atomic E-state index is 0.562. The van der Waals surface area contributed by atoms with Crippen LogP contribution in [0.1, 0.15) is 5.56 Å². The van der Waals surface area contributed by atoms with E-state index in [0.29, 0.717) is 10.6 Å². The normalized spacial score (nSPS) is 11.5. The Morgan fingerprint density at radius 2 is 1.45 bits per heavy atom. The Morgan fingerprint density at radius 3 is 1.90 bits per heavy atom. The van der Waals surface area contributed by atoms with Gasteiger partial charge in [0.2, 0.25) is 0 Å². The smallest absolute Gasteiger partial charge is 0.376 e. The van der Waals surface area contributed by atoms with Gasteiger partial charge in [-0.05, 0) is 35.4 Å². The molecular formula is C15H13ClF3N. The first-order valence-electron chi connectivity index (χ1n) is 5.93. The topological polar surface area (TPSA) is 3.24 Å². The third-order valence-corrected chi connectivity index (χ3v) is 3.28. The Hall–Kier alpha value is -1.68. The van der Waals surface area contributed by atoms with E-state index in [-0.39, 0.29) is 0 Å². The minimum Gasteiger partial charge on any atom is -0.376 e. The first-order valence-corrected chi connectivity index (χ1v) is 6.31. The molecule has 0 heterocycles. The molecule has 0 aliphatic heterocycles. The van der Waals surface area contributed by atoms with Crippen molar-refractivity contribution in [1.82, 2.24) is 0 Å². The zero-order chi connectivity index (χ0) is 14.9. The lowest BCUT2D eigenvalue weighted by molar-refractivity contribution is -0.137. The number of anilines is 1. The van der Waals surface area contributed by atoms with Gasteiger partial charge in [0.15, 0.2) is 0 Å². The first kappa shape index (κ1) is 14.7. The number of nitrogens with zero attached hydrogens (tertiary/aromatic N) is 1. The predicted molar refractivity (Wildman–Crippen MR) is 76.2 cm³/mol. The summed E-state index contributed by atoms with van der Waals surface area (Å²) >= 11 is 6.16. The summed E-state index contributed by atoms with van der Waals surface area (Å²) in [6.45, 7) is 0. The van der Waals surface area contributed by atoms with Crippen molar-refractivity contribution >= 4 is 17.3 Å². The van der Waals surface area contributed by atoms with E-state index in [1.165, 1.54) is 12.1 Å². The summed E-state index contributed by atoms with van der Waals surface area (Å²) < 4.78 is 37.5. The van der Waals surface area contributed by atoms with E-state index in [4.69, 9.17) is 11.6 Å². The van der Waals surface area contributed by atoms with E-state index in [9.17, 15) is 13.2 Å². The number of alkyl halides is 3. The monoisotopic (exact) mass is 299 g/mol. The summed E-state index contributed by atoms with van der Waals surface area (Å²) in [6.07, 6.45) is -4.31. The fraction of sp³-hybridized carbons (Fsp3) is 0.200. The van der Waals surface area contributed by atoms with Gasteiger partial charge in [0.1, 0.15) is 0 Å². The van der Waals surface area contributed by atoms with Gasteiger partial charge in [0, 0.05) is 14.1 Å². The largest absolute Gasteiger partial charge is 0.416 e. The fourth-order valence-corrected chi connectivity index (χ4v) is 2.25. The van der Waals surface area contributed by atoms with Crippen molar-refractivity contribution < 1.29 is 13.2 Å². The molecular weight excluding hydrogens is 287 g/mol. The zero-order valence-electron chi connectivity index (χ0n) is 11.0. The molecule has 0 N–H and O–H groups in total. The van der Waals surface area contributed by atoms with Crippen LogP contribution in [0, 0.1) is 0 Å². The molecule has 0 saturated carbocycles. The van der Waals surface area contributed by atoms with Crippen LogP contribution in [0.25, 0.3) is 11.1 Å². The van der Waals surface area contributed by atoms with Crippen LogP contribution in [0.3, 0.4) is 0 Å². The van der Waals surface area contributed by atoms with Gasteiger partial charge in [-0.2, -0.15) is 13.2 Å². The average Bonchev–Trinajstić information content (AvgIpc) is 2.37. The van der Waals surface area contributed by atoms with Crippen LogP contribution in [0.4, 0.5) is 18.9 Å². The molecule has 0 saturated heterocycles.